The fourth-order valence-electron chi connectivity index (χ4n) is 3.02. The summed E-state index contributed by atoms with van der Waals surface area (Å²) in [6.07, 6.45) is 0.997. The molecule has 1 heterocycles. The number of ether oxygens (including phenoxy) is 2. The fraction of sp³-hybridized carbons (Fsp3) is 0.294. The summed E-state index contributed by atoms with van der Waals surface area (Å²) in [6.45, 7) is 1.01. The van der Waals surface area contributed by atoms with Gasteiger partial charge in [-0.15, -0.1) is 0 Å². The van der Waals surface area contributed by atoms with Crippen molar-refractivity contribution in [2.24, 2.45) is 0 Å². The van der Waals surface area contributed by atoms with Gasteiger partial charge in [-0.2, -0.15) is 0 Å². The van der Waals surface area contributed by atoms with Crippen LogP contribution >= 0.6 is 23.2 Å². The van der Waals surface area contributed by atoms with Crippen LogP contribution in [0.15, 0.2) is 30.3 Å². The highest BCUT2D eigenvalue weighted by atomic mass is 35.5. The van der Waals surface area contributed by atoms with Crippen molar-refractivity contribution in [1.29, 1.82) is 0 Å². The number of benzene rings is 2. The Morgan fingerprint density at radius 2 is 1.73 bits per heavy atom. The smallest absolute Gasteiger partial charge is 0.161 e. The van der Waals surface area contributed by atoms with Gasteiger partial charge >= 0.3 is 0 Å². The number of quaternary nitrogens is 1. The standard InChI is InChI=1S/C17H17Cl2NO2/c1-21-15-7-10-5-6-20-17(13(10)9-16(15)22-2)12-4-3-11(18)8-14(12)19/h3-4,7-9,17,20H,5-6H2,1-2H3/p+1/t17-/m0/s1. The molecule has 0 spiro atoms. The van der Waals surface area contributed by atoms with E-state index >= 15 is 0 Å². The summed E-state index contributed by atoms with van der Waals surface area (Å²) >= 11 is 12.4. The second kappa shape index (κ2) is 6.37. The van der Waals surface area contributed by atoms with Crippen LogP contribution in [-0.4, -0.2) is 20.8 Å². The van der Waals surface area contributed by atoms with Crippen molar-refractivity contribution in [3.63, 3.8) is 0 Å². The van der Waals surface area contributed by atoms with Crippen LogP contribution in [0.4, 0.5) is 0 Å². The van der Waals surface area contributed by atoms with Gasteiger partial charge in [-0.1, -0.05) is 23.2 Å². The molecule has 0 unspecified atom stereocenters. The molecule has 0 bridgehead atoms. The Bertz CT molecular complexity index is 703. The Balaban J connectivity index is 2.10. The molecule has 0 radical (unpaired) electrons. The van der Waals surface area contributed by atoms with Gasteiger partial charge in [0.1, 0.15) is 6.04 Å². The Labute approximate surface area is 140 Å². The summed E-state index contributed by atoms with van der Waals surface area (Å²) in [5, 5.41) is 3.64. The molecule has 2 aromatic rings. The lowest BCUT2D eigenvalue weighted by molar-refractivity contribution is -0.690. The molecule has 0 aromatic heterocycles. The third-order valence-electron chi connectivity index (χ3n) is 4.09. The molecule has 1 aliphatic heterocycles. The molecule has 3 nitrogen and oxygen atoms in total. The summed E-state index contributed by atoms with van der Waals surface area (Å²) in [5.74, 6) is 1.51. The third kappa shape index (κ3) is 2.76. The monoisotopic (exact) mass is 338 g/mol. The summed E-state index contributed by atoms with van der Waals surface area (Å²) in [5.41, 5.74) is 3.56. The number of fused-ring (bicyclic) bond motifs is 1. The Kier molecular flexibility index (Phi) is 4.48. The number of halogens is 2. The SMILES string of the molecule is COc1cc2c(cc1OC)[C@H](c1ccc(Cl)cc1Cl)[NH2+]CC2. The van der Waals surface area contributed by atoms with Crippen LogP contribution in [0.1, 0.15) is 22.7 Å². The number of methoxy groups -OCH3 is 2. The molecule has 1 atom stereocenters. The average molecular weight is 339 g/mol. The average Bonchev–Trinajstić information content (AvgIpc) is 2.53. The lowest BCUT2D eigenvalue weighted by atomic mass is 9.89. The predicted octanol–water partition coefficient (Wildman–Crippen LogP) is 3.22. The van der Waals surface area contributed by atoms with Gasteiger partial charge in [-0.25, -0.2) is 0 Å². The molecule has 0 aliphatic carbocycles. The minimum absolute atomic E-state index is 0.147. The highest BCUT2D eigenvalue weighted by Crippen LogP contribution is 2.37. The van der Waals surface area contributed by atoms with E-state index in [0.29, 0.717) is 10.0 Å². The van der Waals surface area contributed by atoms with Crippen LogP contribution in [0.2, 0.25) is 10.0 Å². The van der Waals surface area contributed by atoms with Gasteiger partial charge < -0.3 is 14.8 Å². The third-order valence-corrected chi connectivity index (χ3v) is 4.66. The van der Waals surface area contributed by atoms with Crippen molar-refractivity contribution in [2.75, 3.05) is 20.8 Å². The maximum atomic E-state index is 6.40. The number of hydrogen-bond acceptors (Lipinski definition) is 2. The van der Waals surface area contributed by atoms with Crippen LogP contribution in [0.25, 0.3) is 0 Å². The molecule has 116 valence electrons. The zero-order chi connectivity index (χ0) is 15.7. The summed E-state index contributed by atoms with van der Waals surface area (Å²) in [6, 6.07) is 9.94. The lowest BCUT2D eigenvalue weighted by Crippen LogP contribution is -2.87. The van der Waals surface area contributed by atoms with Gasteiger partial charge in [-0.3, -0.25) is 0 Å². The zero-order valence-electron chi connectivity index (χ0n) is 12.5. The predicted molar refractivity (Wildman–Crippen MR) is 88.3 cm³/mol. The molecule has 0 amide bonds. The normalized spacial score (nSPS) is 17.0. The first-order valence-electron chi connectivity index (χ1n) is 7.17. The van der Waals surface area contributed by atoms with Gasteiger partial charge in [0.2, 0.25) is 0 Å². The molecule has 3 rings (SSSR count). The van der Waals surface area contributed by atoms with E-state index in [4.69, 9.17) is 32.7 Å². The van der Waals surface area contributed by atoms with E-state index in [1.54, 1.807) is 20.3 Å². The summed E-state index contributed by atoms with van der Waals surface area (Å²) in [4.78, 5) is 0. The number of nitrogens with two attached hydrogens (primary N) is 1. The lowest BCUT2D eigenvalue weighted by Gasteiger charge is -2.26. The first-order chi connectivity index (χ1) is 10.6. The molecule has 0 saturated carbocycles. The van der Waals surface area contributed by atoms with Crippen molar-refractivity contribution in [3.05, 3.63) is 57.1 Å². The largest absolute Gasteiger partial charge is 0.493 e. The summed E-state index contributed by atoms with van der Waals surface area (Å²) in [7, 11) is 3.31. The molecule has 5 heteroatoms. The maximum Gasteiger partial charge on any atom is 0.161 e. The van der Waals surface area contributed by atoms with Crippen LogP contribution in [0.3, 0.4) is 0 Å². The van der Waals surface area contributed by atoms with Crippen LogP contribution in [0, 0.1) is 0 Å². The highest BCUT2D eigenvalue weighted by molar-refractivity contribution is 6.35. The number of rotatable bonds is 3. The van der Waals surface area contributed by atoms with Crippen molar-refractivity contribution >= 4 is 23.2 Å². The number of hydrogen-bond donors (Lipinski definition) is 1. The minimum Gasteiger partial charge on any atom is -0.493 e. The molecular formula is C17H18Cl2NO2+. The Morgan fingerprint density at radius 3 is 2.41 bits per heavy atom. The topological polar surface area (TPSA) is 35.1 Å². The first-order valence-corrected chi connectivity index (χ1v) is 7.92. The minimum atomic E-state index is 0.147. The molecule has 22 heavy (non-hydrogen) atoms. The maximum absolute atomic E-state index is 6.40. The quantitative estimate of drug-likeness (QED) is 0.932. The van der Waals surface area contributed by atoms with Gasteiger partial charge in [0, 0.05) is 22.6 Å². The van der Waals surface area contributed by atoms with E-state index < -0.39 is 0 Å². The van der Waals surface area contributed by atoms with Gasteiger partial charge in [0.05, 0.1) is 25.8 Å². The van der Waals surface area contributed by atoms with Gasteiger partial charge in [-0.05, 0) is 35.9 Å². The Morgan fingerprint density at radius 1 is 1.00 bits per heavy atom. The Hall–Kier alpha value is -1.42. The van der Waals surface area contributed by atoms with E-state index in [2.05, 4.69) is 17.4 Å². The van der Waals surface area contributed by atoms with Gasteiger partial charge in [0.15, 0.2) is 11.5 Å². The molecular weight excluding hydrogens is 321 g/mol. The van der Waals surface area contributed by atoms with Crippen LogP contribution in [-0.2, 0) is 6.42 Å². The van der Waals surface area contributed by atoms with E-state index in [-0.39, 0.29) is 6.04 Å². The van der Waals surface area contributed by atoms with E-state index in [0.717, 1.165) is 30.0 Å². The van der Waals surface area contributed by atoms with Crippen molar-refractivity contribution in [3.8, 4) is 11.5 Å². The van der Waals surface area contributed by atoms with E-state index in [9.17, 15) is 0 Å². The van der Waals surface area contributed by atoms with Gasteiger partial charge in [0.25, 0.3) is 0 Å². The molecule has 0 fully saturated rings. The highest BCUT2D eigenvalue weighted by Gasteiger charge is 2.28. The van der Waals surface area contributed by atoms with Crippen molar-refractivity contribution < 1.29 is 14.8 Å². The fourth-order valence-corrected chi connectivity index (χ4v) is 3.55. The summed E-state index contributed by atoms with van der Waals surface area (Å²) < 4.78 is 10.8. The van der Waals surface area contributed by atoms with E-state index in [1.165, 1.54) is 11.1 Å². The molecule has 1 aliphatic rings. The second-order valence-electron chi connectivity index (χ2n) is 5.32. The van der Waals surface area contributed by atoms with Crippen molar-refractivity contribution in [2.45, 2.75) is 12.5 Å². The first kappa shape index (κ1) is 15.5. The van der Waals surface area contributed by atoms with Crippen molar-refractivity contribution in [1.82, 2.24) is 0 Å². The van der Waals surface area contributed by atoms with Crippen LogP contribution in [0.5, 0.6) is 11.5 Å². The van der Waals surface area contributed by atoms with E-state index in [1.807, 2.05) is 12.1 Å². The van der Waals surface area contributed by atoms with Crippen LogP contribution < -0.4 is 14.8 Å². The molecule has 2 N–H and O–H groups in total. The molecule has 0 saturated heterocycles. The second-order valence-corrected chi connectivity index (χ2v) is 6.17. The zero-order valence-corrected chi connectivity index (χ0v) is 14.0. The molecule has 2 aromatic carbocycles.